The lowest BCUT2D eigenvalue weighted by Crippen LogP contribution is -2.02. The molecule has 3 N–H and O–H groups in total. The van der Waals surface area contributed by atoms with Gasteiger partial charge in [0.1, 0.15) is 9.79 Å². The molecule has 7 nitrogen and oxygen atoms in total. The average molecular weight is 323 g/mol. The molecule has 0 aromatic heterocycles. The summed E-state index contributed by atoms with van der Waals surface area (Å²) in [5.74, 6) is -3.70. The van der Waals surface area contributed by atoms with Crippen LogP contribution >= 0.6 is 21.4 Å². The number of aromatic hydroxyl groups is 3. The van der Waals surface area contributed by atoms with Crippen LogP contribution in [0.5, 0.6) is 17.2 Å². The van der Waals surface area contributed by atoms with Crippen molar-refractivity contribution in [2.24, 2.45) is 0 Å². The predicted molar refractivity (Wildman–Crippen MR) is 57.5 cm³/mol. The van der Waals surface area contributed by atoms with Gasteiger partial charge in [0.2, 0.25) is 5.75 Å². The largest absolute Gasteiger partial charge is 0.504 e. The van der Waals surface area contributed by atoms with Crippen LogP contribution < -0.4 is 0 Å². The maximum absolute atomic E-state index is 11.1. The molecule has 0 amide bonds. The van der Waals surface area contributed by atoms with Crippen molar-refractivity contribution in [2.75, 3.05) is 0 Å². The second kappa shape index (κ2) is 4.09. The Morgan fingerprint density at radius 1 is 0.882 bits per heavy atom. The van der Waals surface area contributed by atoms with E-state index in [1.807, 2.05) is 0 Å². The first-order valence-corrected chi connectivity index (χ1v) is 8.25. The van der Waals surface area contributed by atoms with Crippen LogP contribution in [0.15, 0.2) is 15.9 Å². The SMILES string of the molecule is O=S(=O)(Cl)c1cc(O)c(O)c(O)c1S(=O)(=O)Cl. The lowest BCUT2D eigenvalue weighted by Gasteiger charge is -2.08. The van der Waals surface area contributed by atoms with Crippen molar-refractivity contribution in [1.29, 1.82) is 0 Å². The fraction of sp³-hybridized carbons (Fsp3) is 0. The van der Waals surface area contributed by atoms with Gasteiger partial charge in [-0.05, 0) is 0 Å². The molecule has 0 aliphatic heterocycles. The minimum absolute atomic E-state index is 0.354. The second-order valence-corrected chi connectivity index (χ2v) is 7.83. The van der Waals surface area contributed by atoms with Crippen LogP contribution in [0.1, 0.15) is 0 Å². The van der Waals surface area contributed by atoms with Crippen molar-refractivity contribution in [2.45, 2.75) is 9.79 Å². The zero-order chi connectivity index (χ0) is 13.6. The Morgan fingerprint density at radius 2 is 1.35 bits per heavy atom. The number of rotatable bonds is 2. The van der Waals surface area contributed by atoms with Crippen LogP contribution in [0.3, 0.4) is 0 Å². The third kappa shape index (κ3) is 2.68. The van der Waals surface area contributed by atoms with E-state index in [1.54, 1.807) is 0 Å². The van der Waals surface area contributed by atoms with Crippen LogP contribution in [0.25, 0.3) is 0 Å². The summed E-state index contributed by atoms with van der Waals surface area (Å²) in [5.41, 5.74) is 0. The smallest absolute Gasteiger partial charge is 0.266 e. The molecular formula is C6H4Cl2O7S2. The zero-order valence-corrected chi connectivity index (χ0v) is 10.8. The minimum atomic E-state index is -4.70. The molecule has 0 aliphatic rings. The first-order valence-electron chi connectivity index (χ1n) is 3.63. The lowest BCUT2D eigenvalue weighted by molar-refractivity contribution is 0.357. The van der Waals surface area contributed by atoms with Crippen molar-refractivity contribution in [3.8, 4) is 17.2 Å². The van der Waals surface area contributed by atoms with Crippen LogP contribution in [0, 0.1) is 0 Å². The third-order valence-corrected chi connectivity index (χ3v) is 4.52. The summed E-state index contributed by atoms with van der Waals surface area (Å²) >= 11 is 0. The van der Waals surface area contributed by atoms with E-state index in [9.17, 15) is 21.9 Å². The number of hydrogen-bond donors (Lipinski definition) is 3. The summed E-state index contributed by atoms with van der Waals surface area (Å²) in [6, 6.07) is 0.354. The van der Waals surface area contributed by atoms with E-state index in [4.69, 9.17) is 31.6 Å². The van der Waals surface area contributed by atoms with Gasteiger partial charge in [0.15, 0.2) is 11.5 Å². The summed E-state index contributed by atoms with van der Waals surface area (Å²) in [6.07, 6.45) is 0. The Labute approximate surface area is 105 Å². The van der Waals surface area contributed by atoms with Crippen LogP contribution in [-0.4, -0.2) is 32.2 Å². The number of hydrogen-bond acceptors (Lipinski definition) is 7. The van der Waals surface area contributed by atoms with Crippen molar-refractivity contribution in [3.63, 3.8) is 0 Å². The number of benzene rings is 1. The molecule has 0 fully saturated rings. The zero-order valence-electron chi connectivity index (χ0n) is 7.62. The predicted octanol–water partition coefficient (Wildman–Crippen LogP) is 0.658. The monoisotopic (exact) mass is 322 g/mol. The molecule has 0 radical (unpaired) electrons. The number of halogens is 2. The summed E-state index contributed by atoms with van der Waals surface area (Å²) in [7, 11) is 0.507. The lowest BCUT2D eigenvalue weighted by atomic mass is 10.3. The van der Waals surface area contributed by atoms with Gasteiger partial charge in [-0.15, -0.1) is 0 Å². The maximum Gasteiger partial charge on any atom is 0.266 e. The number of phenolic OH excluding ortho intramolecular Hbond substituents is 3. The quantitative estimate of drug-likeness (QED) is 0.538. The Morgan fingerprint density at radius 3 is 1.71 bits per heavy atom. The van der Waals surface area contributed by atoms with Crippen molar-refractivity contribution >= 4 is 39.5 Å². The molecule has 96 valence electrons. The van der Waals surface area contributed by atoms with Crippen LogP contribution in [0.4, 0.5) is 0 Å². The second-order valence-electron chi connectivity index (χ2n) is 2.80. The van der Waals surface area contributed by atoms with Gasteiger partial charge in [-0.25, -0.2) is 16.8 Å². The Balaban J connectivity index is 3.98. The molecule has 17 heavy (non-hydrogen) atoms. The molecule has 1 aromatic rings. The fourth-order valence-electron chi connectivity index (χ4n) is 1.02. The summed E-state index contributed by atoms with van der Waals surface area (Å²) < 4.78 is 44.3. The topological polar surface area (TPSA) is 129 Å². The van der Waals surface area contributed by atoms with E-state index >= 15 is 0 Å². The van der Waals surface area contributed by atoms with E-state index < -0.39 is 45.1 Å². The van der Waals surface area contributed by atoms with Crippen LogP contribution in [-0.2, 0) is 18.1 Å². The summed E-state index contributed by atoms with van der Waals surface area (Å²) in [4.78, 5) is -2.44. The highest BCUT2D eigenvalue weighted by molar-refractivity contribution is 8.16. The fourth-order valence-corrected chi connectivity index (χ4v) is 3.98. The van der Waals surface area contributed by atoms with Crippen molar-refractivity contribution in [1.82, 2.24) is 0 Å². The van der Waals surface area contributed by atoms with Crippen LogP contribution in [0.2, 0.25) is 0 Å². The Bertz CT molecular complexity index is 677. The molecule has 0 saturated carbocycles. The highest BCUT2D eigenvalue weighted by Gasteiger charge is 2.31. The first kappa shape index (κ1) is 14.2. The molecule has 0 saturated heterocycles. The Hall–Kier alpha value is -0.900. The molecule has 1 aromatic carbocycles. The normalized spacial score (nSPS) is 12.6. The highest BCUT2D eigenvalue weighted by atomic mass is 35.7. The molecule has 0 atom stereocenters. The molecule has 0 aliphatic carbocycles. The van der Waals surface area contributed by atoms with E-state index in [0.29, 0.717) is 6.07 Å². The molecule has 0 spiro atoms. The summed E-state index contributed by atoms with van der Waals surface area (Å²) in [5, 5.41) is 27.4. The number of phenols is 3. The average Bonchev–Trinajstić information content (AvgIpc) is 2.09. The molecule has 1 rings (SSSR count). The van der Waals surface area contributed by atoms with E-state index in [2.05, 4.69) is 0 Å². The molecule has 0 bridgehead atoms. The first-order chi connectivity index (χ1) is 7.46. The van der Waals surface area contributed by atoms with E-state index in [0.717, 1.165) is 0 Å². The van der Waals surface area contributed by atoms with Gasteiger partial charge in [-0.3, -0.25) is 0 Å². The molecule has 0 heterocycles. The van der Waals surface area contributed by atoms with Crippen molar-refractivity contribution in [3.05, 3.63) is 6.07 Å². The van der Waals surface area contributed by atoms with Gasteiger partial charge in [-0.2, -0.15) is 0 Å². The molecular weight excluding hydrogens is 319 g/mol. The molecule has 11 heteroatoms. The third-order valence-electron chi connectivity index (χ3n) is 1.68. The van der Waals surface area contributed by atoms with Crippen molar-refractivity contribution < 1.29 is 32.2 Å². The van der Waals surface area contributed by atoms with Gasteiger partial charge in [0, 0.05) is 27.4 Å². The highest BCUT2D eigenvalue weighted by Crippen LogP contribution is 2.45. The minimum Gasteiger partial charge on any atom is -0.504 e. The Kier molecular flexibility index (Phi) is 3.41. The van der Waals surface area contributed by atoms with Gasteiger partial charge >= 0.3 is 0 Å². The van der Waals surface area contributed by atoms with Gasteiger partial charge in [-0.1, -0.05) is 0 Å². The van der Waals surface area contributed by atoms with Gasteiger partial charge in [0.05, 0.1) is 0 Å². The standard InChI is InChI=1S/C6H4Cl2O7S2/c7-16(12,13)3-1-2(9)4(10)5(11)6(3)17(8,14)15/h1,9-11H. The maximum atomic E-state index is 11.1. The van der Waals surface area contributed by atoms with E-state index in [-0.39, 0.29) is 0 Å². The van der Waals surface area contributed by atoms with Gasteiger partial charge in [0.25, 0.3) is 18.1 Å². The molecule has 0 unspecified atom stereocenters. The van der Waals surface area contributed by atoms with E-state index in [1.165, 1.54) is 0 Å². The van der Waals surface area contributed by atoms with Gasteiger partial charge < -0.3 is 15.3 Å². The summed E-state index contributed by atoms with van der Waals surface area (Å²) in [6.45, 7) is 0.